The number of nitrogens with one attached hydrogen (secondary N) is 2. The molecule has 28 heavy (non-hydrogen) atoms. The van der Waals surface area contributed by atoms with Crippen LogP contribution in [0.5, 0.6) is 0 Å². The van der Waals surface area contributed by atoms with Crippen LogP contribution >= 0.6 is 0 Å². The van der Waals surface area contributed by atoms with Gasteiger partial charge in [0.1, 0.15) is 0 Å². The zero-order valence-corrected chi connectivity index (χ0v) is 18.1. The predicted molar refractivity (Wildman–Crippen MR) is 110 cm³/mol. The summed E-state index contributed by atoms with van der Waals surface area (Å²) in [5.74, 6) is -1.41. The number of rotatable bonds is 6. The van der Waals surface area contributed by atoms with Crippen LogP contribution in [-0.2, 0) is 9.59 Å². The van der Waals surface area contributed by atoms with E-state index in [2.05, 4.69) is 10.6 Å². The average Bonchev–Trinajstić information content (AvgIpc) is 2.64. The minimum Gasteiger partial charge on any atom is -0.388 e. The minimum absolute atomic E-state index is 0.0169. The minimum atomic E-state index is -0.957. The third-order valence-electron chi connectivity index (χ3n) is 6.71. The van der Waals surface area contributed by atoms with E-state index in [0.717, 1.165) is 38.5 Å². The Hall–Kier alpha value is -1.14. The van der Waals surface area contributed by atoms with E-state index in [1.807, 2.05) is 27.7 Å². The lowest BCUT2D eigenvalue weighted by Crippen LogP contribution is -2.62. The van der Waals surface area contributed by atoms with Crippen LogP contribution in [0.3, 0.4) is 0 Å². The van der Waals surface area contributed by atoms with Crippen LogP contribution < -0.4 is 10.6 Å². The van der Waals surface area contributed by atoms with Crippen molar-refractivity contribution in [1.82, 2.24) is 10.6 Å². The molecule has 0 aromatic rings. The van der Waals surface area contributed by atoms with Crippen molar-refractivity contribution in [3.05, 3.63) is 0 Å². The lowest BCUT2D eigenvalue weighted by molar-refractivity contribution is -0.144. The monoisotopic (exact) mass is 396 g/mol. The Morgan fingerprint density at radius 2 is 0.929 bits per heavy atom. The third kappa shape index (κ3) is 5.47. The van der Waals surface area contributed by atoms with Crippen LogP contribution in [0.4, 0.5) is 0 Å². The van der Waals surface area contributed by atoms with E-state index in [9.17, 15) is 19.8 Å². The number of carbonyl (C=O) groups excluding carboxylic acids is 2. The second-order valence-electron chi connectivity index (χ2n) is 9.72. The van der Waals surface area contributed by atoms with E-state index in [1.54, 1.807) is 0 Å². The van der Waals surface area contributed by atoms with E-state index >= 15 is 0 Å². The summed E-state index contributed by atoms with van der Waals surface area (Å²) < 4.78 is 0. The molecular weight excluding hydrogens is 356 g/mol. The molecule has 0 radical (unpaired) electrons. The second-order valence-corrected chi connectivity index (χ2v) is 9.72. The van der Waals surface area contributed by atoms with Gasteiger partial charge in [0, 0.05) is 0 Å². The van der Waals surface area contributed by atoms with Gasteiger partial charge in [-0.1, -0.05) is 66.2 Å². The maximum atomic E-state index is 12.7. The Morgan fingerprint density at radius 1 is 0.643 bits per heavy atom. The summed E-state index contributed by atoms with van der Waals surface area (Å²) in [6.45, 7) is 7.82. The number of hydrogen-bond acceptors (Lipinski definition) is 4. The SMILES string of the molecule is CC(C)[C@@H](NC(=O)C(=O)N[C@H](C(C)C)C1(O)CCCCC1)C1(O)CCCCC1. The molecule has 4 N–H and O–H groups in total. The Morgan fingerprint density at radius 3 is 1.18 bits per heavy atom. The van der Waals surface area contributed by atoms with Gasteiger partial charge in [0.2, 0.25) is 0 Å². The Balaban J connectivity index is 2.05. The summed E-state index contributed by atoms with van der Waals surface area (Å²) >= 11 is 0. The zero-order valence-electron chi connectivity index (χ0n) is 18.1. The summed E-state index contributed by atoms with van der Waals surface area (Å²) in [7, 11) is 0. The topological polar surface area (TPSA) is 98.7 Å². The summed E-state index contributed by atoms with van der Waals surface area (Å²) in [6.07, 6.45) is 8.51. The third-order valence-corrected chi connectivity index (χ3v) is 6.71. The van der Waals surface area contributed by atoms with Crippen molar-refractivity contribution in [3.8, 4) is 0 Å². The highest BCUT2D eigenvalue weighted by atomic mass is 16.3. The van der Waals surface area contributed by atoms with E-state index in [-0.39, 0.29) is 11.8 Å². The van der Waals surface area contributed by atoms with Gasteiger partial charge in [-0.25, -0.2) is 0 Å². The van der Waals surface area contributed by atoms with Gasteiger partial charge in [0.15, 0.2) is 0 Å². The Labute approximate surface area is 169 Å². The molecular formula is C22H40N2O4. The molecule has 0 heterocycles. The molecule has 6 heteroatoms. The molecule has 2 aliphatic carbocycles. The lowest BCUT2D eigenvalue weighted by Gasteiger charge is -2.42. The second kappa shape index (κ2) is 9.57. The molecule has 2 amide bonds. The highest BCUT2D eigenvalue weighted by Gasteiger charge is 2.43. The molecule has 2 atom stereocenters. The Bertz CT molecular complexity index is 487. The molecule has 2 fully saturated rings. The van der Waals surface area contributed by atoms with Gasteiger partial charge in [0.25, 0.3) is 0 Å². The van der Waals surface area contributed by atoms with Crippen molar-refractivity contribution in [3.63, 3.8) is 0 Å². The molecule has 2 rings (SSSR count). The number of aliphatic hydroxyl groups is 2. The fourth-order valence-electron chi connectivity index (χ4n) is 5.21. The zero-order chi connectivity index (χ0) is 20.9. The first-order valence-corrected chi connectivity index (χ1v) is 11.2. The smallest absolute Gasteiger partial charge is 0.309 e. The van der Waals surface area contributed by atoms with Gasteiger partial charge >= 0.3 is 11.8 Å². The van der Waals surface area contributed by atoms with Crippen molar-refractivity contribution < 1.29 is 19.8 Å². The van der Waals surface area contributed by atoms with Gasteiger partial charge < -0.3 is 20.8 Å². The summed E-state index contributed by atoms with van der Waals surface area (Å²) in [5.41, 5.74) is -1.91. The molecule has 2 saturated carbocycles. The highest BCUT2D eigenvalue weighted by molar-refractivity contribution is 6.35. The van der Waals surface area contributed by atoms with Crippen molar-refractivity contribution in [2.75, 3.05) is 0 Å². The van der Waals surface area contributed by atoms with Crippen LogP contribution in [0.1, 0.15) is 91.9 Å². The standard InChI is InChI=1S/C22H40N2O4/c1-15(2)17(21(27)11-7-5-8-12-21)23-19(25)20(26)24-18(16(3)4)22(28)13-9-6-10-14-22/h15-18,27-28H,5-14H2,1-4H3,(H,23,25)(H,24,26)/t17-,18-/m1/s1. The summed E-state index contributed by atoms with van der Waals surface area (Å²) in [6, 6.07) is -0.914. The van der Waals surface area contributed by atoms with Gasteiger partial charge in [-0.3, -0.25) is 9.59 Å². The van der Waals surface area contributed by atoms with E-state index in [0.29, 0.717) is 25.7 Å². The largest absolute Gasteiger partial charge is 0.388 e. The van der Waals surface area contributed by atoms with Crippen LogP contribution in [0.25, 0.3) is 0 Å². The number of carbonyl (C=O) groups is 2. The van der Waals surface area contributed by atoms with Crippen molar-refractivity contribution in [1.29, 1.82) is 0 Å². The molecule has 0 spiro atoms. The molecule has 162 valence electrons. The van der Waals surface area contributed by atoms with Crippen LogP contribution in [0.2, 0.25) is 0 Å². The maximum Gasteiger partial charge on any atom is 0.309 e. The maximum absolute atomic E-state index is 12.7. The first-order chi connectivity index (χ1) is 13.1. The molecule has 2 aliphatic rings. The highest BCUT2D eigenvalue weighted by Crippen LogP contribution is 2.35. The summed E-state index contributed by atoms with van der Waals surface area (Å²) in [4.78, 5) is 25.3. The van der Waals surface area contributed by atoms with Crippen molar-refractivity contribution >= 4 is 11.8 Å². The molecule has 0 aromatic carbocycles. The molecule has 0 aromatic heterocycles. The van der Waals surface area contributed by atoms with E-state index in [4.69, 9.17) is 0 Å². The molecule has 6 nitrogen and oxygen atoms in total. The van der Waals surface area contributed by atoms with Crippen LogP contribution in [0.15, 0.2) is 0 Å². The first kappa shape index (κ1) is 23.1. The van der Waals surface area contributed by atoms with Crippen molar-refractivity contribution in [2.45, 2.75) is 115 Å². The van der Waals surface area contributed by atoms with E-state index in [1.165, 1.54) is 0 Å². The van der Waals surface area contributed by atoms with Gasteiger partial charge in [-0.2, -0.15) is 0 Å². The van der Waals surface area contributed by atoms with Crippen molar-refractivity contribution in [2.24, 2.45) is 11.8 Å². The molecule has 0 bridgehead atoms. The van der Waals surface area contributed by atoms with Gasteiger partial charge in [-0.15, -0.1) is 0 Å². The quantitative estimate of drug-likeness (QED) is 0.519. The Kier molecular flexibility index (Phi) is 7.91. The molecule has 0 aliphatic heterocycles. The summed E-state index contributed by atoms with van der Waals surface area (Å²) in [5, 5.41) is 27.7. The van der Waals surface area contributed by atoms with Gasteiger partial charge in [-0.05, 0) is 37.5 Å². The predicted octanol–water partition coefficient (Wildman–Crippen LogP) is 2.66. The normalized spacial score (nSPS) is 23.9. The fraction of sp³-hybridized carbons (Fsp3) is 0.909. The van der Waals surface area contributed by atoms with Gasteiger partial charge in [0.05, 0.1) is 23.3 Å². The first-order valence-electron chi connectivity index (χ1n) is 11.2. The number of hydrogen-bond donors (Lipinski definition) is 4. The number of amides is 2. The average molecular weight is 397 g/mol. The van der Waals surface area contributed by atoms with E-state index < -0.39 is 35.1 Å². The molecule has 0 saturated heterocycles. The molecule has 0 unspecified atom stereocenters. The fourth-order valence-corrected chi connectivity index (χ4v) is 5.21. The van der Waals surface area contributed by atoms with Crippen LogP contribution in [-0.4, -0.2) is 45.3 Å². The lowest BCUT2D eigenvalue weighted by atomic mass is 9.75. The van der Waals surface area contributed by atoms with Crippen LogP contribution in [0, 0.1) is 11.8 Å².